The molecule has 1 aliphatic rings. The van der Waals surface area contributed by atoms with E-state index in [0.29, 0.717) is 37.7 Å². The second-order valence-electron chi connectivity index (χ2n) is 10.8. The van der Waals surface area contributed by atoms with Crippen molar-refractivity contribution in [3.05, 3.63) is 168 Å². The van der Waals surface area contributed by atoms with Gasteiger partial charge in [0.1, 0.15) is 5.82 Å². The molecule has 0 amide bonds. The summed E-state index contributed by atoms with van der Waals surface area (Å²) in [6, 6.07) is 30.1. The molecule has 2 aromatic heterocycles. The van der Waals surface area contributed by atoms with Gasteiger partial charge in [0.15, 0.2) is 4.80 Å². The minimum Gasteiger partial charge on any atom is -0.463 e. The maximum absolute atomic E-state index is 14.3. The lowest BCUT2D eigenvalue weighted by molar-refractivity contribution is -0.138. The number of esters is 1. The minimum atomic E-state index is -0.877. The van der Waals surface area contributed by atoms with E-state index in [1.54, 1.807) is 19.1 Å². The second kappa shape index (κ2) is 12.4. The van der Waals surface area contributed by atoms with Crippen LogP contribution in [0, 0.1) is 5.82 Å². The Kier molecular flexibility index (Phi) is 7.98. The van der Waals surface area contributed by atoms with Crippen LogP contribution in [-0.2, 0) is 16.1 Å². The molecule has 0 saturated carbocycles. The molecule has 0 bridgehead atoms. The van der Waals surface area contributed by atoms with Gasteiger partial charge in [0.25, 0.3) is 5.56 Å². The molecule has 228 valence electrons. The number of carbonyl (C=O) groups is 1. The predicted molar refractivity (Wildman–Crippen MR) is 180 cm³/mol. The summed E-state index contributed by atoms with van der Waals surface area (Å²) in [4.78, 5) is 33.3. The number of ether oxygens (including phenoxy) is 1. The molecule has 4 aromatic carbocycles. The summed E-state index contributed by atoms with van der Waals surface area (Å²) in [7, 11) is 0. The monoisotopic (exact) mass is 647 g/mol. The molecule has 6 nitrogen and oxygen atoms in total. The molecular weight excluding hydrogens is 621 g/mol. The average molecular weight is 648 g/mol. The Morgan fingerprint density at radius 2 is 1.76 bits per heavy atom. The quantitative estimate of drug-likeness (QED) is 0.181. The van der Waals surface area contributed by atoms with Gasteiger partial charge in [-0.25, -0.2) is 14.2 Å². The molecular formula is C37H27ClFN3O3S. The number of fused-ring (bicyclic) bond motifs is 2. The van der Waals surface area contributed by atoms with E-state index < -0.39 is 17.8 Å². The van der Waals surface area contributed by atoms with Crippen LogP contribution in [0.4, 0.5) is 4.39 Å². The number of aromatic nitrogens is 2. The normalized spacial score (nSPS) is 14.8. The molecule has 0 spiro atoms. The third kappa shape index (κ3) is 5.50. The van der Waals surface area contributed by atoms with Crippen molar-refractivity contribution in [2.24, 2.45) is 4.99 Å². The van der Waals surface area contributed by atoms with Gasteiger partial charge in [0.05, 0.1) is 28.5 Å². The van der Waals surface area contributed by atoms with Gasteiger partial charge in [-0.15, -0.1) is 0 Å². The summed E-state index contributed by atoms with van der Waals surface area (Å²) >= 11 is 7.51. The molecule has 0 aliphatic carbocycles. The first-order valence-corrected chi connectivity index (χ1v) is 16.0. The number of hydrogen-bond acceptors (Lipinski definition) is 5. The van der Waals surface area contributed by atoms with Crippen LogP contribution in [-0.4, -0.2) is 21.7 Å². The van der Waals surface area contributed by atoms with Gasteiger partial charge < -0.3 is 9.30 Å². The fraction of sp³-hybridized carbons (Fsp3) is 0.108. The first-order valence-electron chi connectivity index (χ1n) is 14.8. The molecule has 0 radical (unpaired) electrons. The van der Waals surface area contributed by atoms with E-state index >= 15 is 0 Å². The lowest BCUT2D eigenvalue weighted by Crippen LogP contribution is -2.40. The van der Waals surface area contributed by atoms with Crippen molar-refractivity contribution in [1.82, 2.24) is 9.13 Å². The van der Waals surface area contributed by atoms with E-state index in [4.69, 9.17) is 21.3 Å². The zero-order chi connectivity index (χ0) is 31.8. The fourth-order valence-corrected chi connectivity index (χ4v) is 7.10. The zero-order valence-electron chi connectivity index (χ0n) is 24.7. The van der Waals surface area contributed by atoms with E-state index in [1.165, 1.54) is 28.0 Å². The number of hydrogen-bond donors (Lipinski definition) is 0. The first-order chi connectivity index (χ1) is 22.4. The largest absolute Gasteiger partial charge is 0.463 e. The molecule has 0 fully saturated rings. The maximum atomic E-state index is 14.3. The number of thiazole rings is 1. The van der Waals surface area contributed by atoms with Gasteiger partial charge in [-0.1, -0.05) is 95.7 Å². The highest BCUT2D eigenvalue weighted by Gasteiger charge is 2.35. The Bertz CT molecular complexity index is 2320. The molecule has 1 atom stereocenters. The Labute approximate surface area is 272 Å². The first kappa shape index (κ1) is 29.6. The lowest BCUT2D eigenvalue weighted by atomic mass is 9.93. The highest BCUT2D eigenvalue weighted by molar-refractivity contribution is 7.07. The SMILES string of the molecule is CCOC(=O)C1=C(c2ccccc2)N=c2s/c(=C\c3cn(Cc4cccc(Cl)c4)c4ccccc34)c(=O)n2[C@@H]1c1ccc(F)cc1. The molecule has 0 saturated heterocycles. The van der Waals surface area contributed by atoms with Crippen LogP contribution in [0.25, 0.3) is 22.7 Å². The van der Waals surface area contributed by atoms with E-state index in [-0.39, 0.29) is 17.7 Å². The number of rotatable bonds is 7. The molecule has 46 heavy (non-hydrogen) atoms. The highest BCUT2D eigenvalue weighted by Crippen LogP contribution is 2.35. The maximum Gasteiger partial charge on any atom is 0.338 e. The fourth-order valence-electron chi connectivity index (χ4n) is 5.90. The Morgan fingerprint density at radius 3 is 2.52 bits per heavy atom. The Hall–Kier alpha value is -5.05. The summed E-state index contributed by atoms with van der Waals surface area (Å²) < 4.78 is 23.7. The van der Waals surface area contributed by atoms with Crippen molar-refractivity contribution in [2.45, 2.75) is 19.5 Å². The number of nitrogens with zero attached hydrogens (tertiary/aromatic N) is 3. The molecule has 7 rings (SSSR count). The topological polar surface area (TPSA) is 65.6 Å². The van der Waals surface area contributed by atoms with Gasteiger partial charge in [-0.3, -0.25) is 9.36 Å². The second-order valence-corrected chi connectivity index (χ2v) is 12.3. The van der Waals surface area contributed by atoms with Crippen molar-refractivity contribution in [1.29, 1.82) is 0 Å². The number of halogens is 2. The van der Waals surface area contributed by atoms with Gasteiger partial charge >= 0.3 is 5.97 Å². The van der Waals surface area contributed by atoms with E-state index in [9.17, 15) is 14.0 Å². The van der Waals surface area contributed by atoms with E-state index in [0.717, 1.165) is 22.0 Å². The molecule has 6 aromatic rings. The van der Waals surface area contributed by atoms with Crippen LogP contribution in [0.5, 0.6) is 0 Å². The Balaban J connectivity index is 1.45. The number of benzene rings is 4. The van der Waals surface area contributed by atoms with Crippen molar-refractivity contribution < 1.29 is 13.9 Å². The summed E-state index contributed by atoms with van der Waals surface area (Å²) in [5.74, 6) is -1.01. The molecule has 9 heteroatoms. The average Bonchev–Trinajstić information content (AvgIpc) is 3.57. The smallest absolute Gasteiger partial charge is 0.338 e. The van der Waals surface area contributed by atoms with E-state index in [1.807, 2.05) is 91.1 Å². The molecule has 1 aliphatic heterocycles. The van der Waals surface area contributed by atoms with Gasteiger partial charge in [-0.2, -0.15) is 0 Å². The van der Waals surface area contributed by atoms with Crippen LogP contribution in [0.2, 0.25) is 5.02 Å². The van der Waals surface area contributed by atoms with Crippen molar-refractivity contribution in [3.63, 3.8) is 0 Å². The third-order valence-electron chi connectivity index (χ3n) is 7.91. The summed E-state index contributed by atoms with van der Waals surface area (Å²) in [5, 5.41) is 1.66. The van der Waals surface area contributed by atoms with Crippen LogP contribution < -0.4 is 14.9 Å². The Morgan fingerprint density at radius 1 is 1.00 bits per heavy atom. The van der Waals surface area contributed by atoms with Crippen LogP contribution in [0.15, 0.2) is 125 Å². The summed E-state index contributed by atoms with van der Waals surface area (Å²) in [6.45, 7) is 2.47. The van der Waals surface area contributed by atoms with Crippen molar-refractivity contribution >= 4 is 51.6 Å². The van der Waals surface area contributed by atoms with Crippen LogP contribution >= 0.6 is 22.9 Å². The molecule has 3 heterocycles. The summed E-state index contributed by atoms with van der Waals surface area (Å²) in [5.41, 5.74) is 4.54. The third-order valence-corrected chi connectivity index (χ3v) is 9.13. The number of carbonyl (C=O) groups excluding carboxylic acids is 1. The minimum absolute atomic E-state index is 0.143. The van der Waals surface area contributed by atoms with E-state index in [2.05, 4.69) is 4.57 Å². The lowest BCUT2D eigenvalue weighted by Gasteiger charge is -2.25. The predicted octanol–water partition coefficient (Wildman–Crippen LogP) is 6.73. The van der Waals surface area contributed by atoms with Gasteiger partial charge in [0.2, 0.25) is 0 Å². The van der Waals surface area contributed by atoms with Crippen LogP contribution in [0.1, 0.15) is 35.2 Å². The zero-order valence-corrected chi connectivity index (χ0v) is 26.3. The van der Waals surface area contributed by atoms with Gasteiger partial charge in [0, 0.05) is 39.8 Å². The molecule has 0 N–H and O–H groups in total. The van der Waals surface area contributed by atoms with Crippen LogP contribution in [0.3, 0.4) is 0 Å². The van der Waals surface area contributed by atoms with Crippen molar-refractivity contribution in [2.75, 3.05) is 6.61 Å². The highest BCUT2D eigenvalue weighted by atomic mass is 35.5. The standard InChI is InChI=1S/C37H27ClFN3O3S/c1-2-45-36(44)32-33(24-10-4-3-5-11-24)40-37-42(34(32)25-15-17-28(39)18-16-25)35(43)31(46-37)20-26-22-41(30-14-7-6-13-29(26)30)21-23-9-8-12-27(38)19-23/h3-20,22,34H,2,21H2,1H3/b31-20-/t34-/m1/s1. The summed E-state index contributed by atoms with van der Waals surface area (Å²) in [6.07, 6.45) is 3.90. The molecule has 0 unspecified atom stereocenters. The van der Waals surface area contributed by atoms with Crippen molar-refractivity contribution in [3.8, 4) is 0 Å². The van der Waals surface area contributed by atoms with Gasteiger partial charge in [-0.05, 0) is 54.5 Å². The number of para-hydroxylation sites is 1.